The van der Waals surface area contributed by atoms with Crippen molar-refractivity contribution in [2.45, 2.75) is 20.0 Å². The van der Waals surface area contributed by atoms with Gasteiger partial charge in [-0.15, -0.1) is 0 Å². The van der Waals surface area contributed by atoms with Gasteiger partial charge in [0.15, 0.2) is 11.5 Å². The molecule has 3 aromatic carbocycles. The SMILES string of the molecule is CCOc1cc(/C=N\NC(=O)Cc2ccc(Br)cc2)cc(I)c1OCc1ccc(Br)cc1. The van der Waals surface area contributed by atoms with Crippen LogP contribution < -0.4 is 14.9 Å². The molecule has 1 N–H and O–H groups in total. The predicted octanol–water partition coefficient (Wildman–Crippen LogP) is 6.49. The Bertz CT molecular complexity index is 1090. The van der Waals surface area contributed by atoms with Gasteiger partial charge in [0.25, 0.3) is 0 Å². The quantitative estimate of drug-likeness (QED) is 0.161. The van der Waals surface area contributed by atoms with Crippen molar-refractivity contribution in [1.29, 1.82) is 0 Å². The van der Waals surface area contributed by atoms with E-state index in [1.165, 1.54) is 0 Å². The minimum atomic E-state index is -0.183. The van der Waals surface area contributed by atoms with Gasteiger partial charge in [0, 0.05) is 8.95 Å². The van der Waals surface area contributed by atoms with Gasteiger partial charge in [-0.3, -0.25) is 4.79 Å². The normalized spacial score (nSPS) is 10.9. The lowest BCUT2D eigenvalue weighted by atomic mass is 10.1. The van der Waals surface area contributed by atoms with Crippen molar-refractivity contribution in [2.24, 2.45) is 5.10 Å². The molecule has 1 amide bonds. The second kappa shape index (κ2) is 12.4. The van der Waals surface area contributed by atoms with E-state index in [2.05, 4.69) is 65.0 Å². The average Bonchev–Trinajstić information content (AvgIpc) is 2.76. The van der Waals surface area contributed by atoms with Crippen LogP contribution in [0.4, 0.5) is 0 Å². The fraction of sp³-hybridized carbons (Fsp3) is 0.167. The molecule has 0 bridgehead atoms. The minimum absolute atomic E-state index is 0.183. The van der Waals surface area contributed by atoms with E-state index in [9.17, 15) is 4.79 Å². The maximum atomic E-state index is 12.1. The summed E-state index contributed by atoms with van der Waals surface area (Å²) in [5.41, 5.74) is 5.35. The first-order valence-electron chi connectivity index (χ1n) is 9.84. The molecule has 8 heteroatoms. The lowest BCUT2D eigenvalue weighted by Gasteiger charge is -2.15. The number of hydrazone groups is 1. The zero-order valence-corrected chi connectivity index (χ0v) is 22.6. The molecule has 0 atom stereocenters. The molecule has 0 unspecified atom stereocenters. The molecule has 0 radical (unpaired) electrons. The maximum absolute atomic E-state index is 12.1. The van der Waals surface area contributed by atoms with Gasteiger partial charge in [0.2, 0.25) is 5.91 Å². The van der Waals surface area contributed by atoms with Gasteiger partial charge in [0.05, 0.1) is 22.8 Å². The number of hydrogen-bond donors (Lipinski definition) is 1. The molecular formula is C24H21Br2IN2O3. The molecular weight excluding hydrogens is 651 g/mol. The van der Waals surface area contributed by atoms with Crippen LogP contribution in [0.5, 0.6) is 11.5 Å². The second-order valence-corrected chi connectivity index (χ2v) is 9.77. The van der Waals surface area contributed by atoms with Crippen molar-refractivity contribution in [3.63, 3.8) is 0 Å². The molecule has 0 saturated carbocycles. The molecule has 0 fully saturated rings. The van der Waals surface area contributed by atoms with Crippen LogP contribution in [0.15, 0.2) is 74.7 Å². The number of nitrogens with one attached hydrogen (secondary N) is 1. The topological polar surface area (TPSA) is 59.9 Å². The molecule has 3 rings (SSSR count). The summed E-state index contributed by atoms with van der Waals surface area (Å²) in [6, 6.07) is 19.4. The van der Waals surface area contributed by atoms with Crippen LogP contribution in [0.1, 0.15) is 23.6 Å². The van der Waals surface area contributed by atoms with Crippen LogP contribution >= 0.6 is 54.5 Å². The Morgan fingerprint density at radius 2 is 1.62 bits per heavy atom. The number of hydrogen-bond acceptors (Lipinski definition) is 4. The van der Waals surface area contributed by atoms with Gasteiger partial charge in [-0.25, -0.2) is 5.43 Å². The third-order valence-corrected chi connectivity index (χ3v) is 6.17. The summed E-state index contributed by atoms with van der Waals surface area (Å²) >= 11 is 9.04. The maximum Gasteiger partial charge on any atom is 0.244 e. The highest BCUT2D eigenvalue weighted by atomic mass is 127. The van der Waals surface area contributed by atoms with Crippen molar-refractivity contribution in [1.82, 2.24) is 5.43 Å². The van der Waals surface area contributed by atoms with Crippen LogP contribution in [0.25, 0.3) is 0 Å². The lowest BCUT2D eigenvalue weighted by molar-refractivity contribution is -0.120. The highest BCUT2D eigenvalue weighted by Gasteiger charge is 2.12. The van der Waals surface area contributed by atoms with Gasteiger partial charge in [-0.1, -0.05) is 56.1 Å². The molecule has 0 aliphatic carbocycles. The fourth-order valence-electron chi connectivity index (χ4n) is 2.81. The largest absolute Gasteiger partial charge is 0.490 e. The first-order chi connectivity index (χ1) is 15.4. The molecule has 5 nitrogen and oxygen atoms in total. The first kappa shape index (κ1) is 24.7. The molecule has 0 heterocycles. The third kappa shape index (κ3) is 7.60. The second-order valence-electron chi connectivity index (χ2n) is 6.77. The zero-order valence-electron chi connectivity index (χ0n) is 17.3. The van der Waals surface area contributed by atoms with E-state index in [0.717, 1.165) is 29.2 Å². The van der Waals surface area contributed by atoms with Crippen molar-refractivity contribution in [3.8, 4) is 11.5 Å². The highest BCUT2D eigenvalue weighted by Crippen LogP contribution is 2.34. The fourth-order valence-corrected chi connectivity index (χ4v) is 4.12. The summed E-state index contributed by atoms with van der Waals surface area (Å²) in [4.78, 5) is 12.1. The van der Waals surface area contributed by atoms with Gasteiger partial charge in [-0.05, 0) is 82.6 Å². The summed E-state index contributed by atoms with van der Waals surface area (Å²) in [6.45, 7) is 2.87. The highest BCUT2D eigenvalue weighted by molar-refractivity contribution is 14.1. The third-order valence-electron chi connectivity index (χ3n) is 4.31. The summed E-state index contributed by atoms with van der Waals surface area (Å²) in [6.07, 6.45) is 1.86. The molecule has 0 spiro atoms. The van der Waals surface area contributed by atoms with Gasteiger partial charge in [0.1, 0.15) is 6.61 Å². The molecule has 32 heavy (non-hydrogen) atoms. The molecule has 0 aliphatic rings. The summed E-state index contributed by atoms with van der Waals surface area (Å²) < 4.78 is 14.7. The number of ether oxygens (including phenoxy) is 2. The van der Waals surface area contributed by atoms with E-state index < -0.39 is 0 Å². The monoisotopic (exact) mass is 670 g/mol. The minimum Gasteiger partial charge on any atom is -0.490 e. The molecule has 166 valence electrons. The Labute approximate surface area is 218 Å². The van der Waals surface area contributed by atoms with E-state index in [4.69, 9.17) is 9.47 Å². The Hall–Kier alpha value is -1.91. The van der Waals surface area contributed by atoms with Crippen molar-refractivity contribution >= 4 is 66.6 Å². The summed E-state index contributed by atoms with van der Waals surface area (Å²) in [5.74, 6) is 1.14. The smallest absolute Gasteiger partial charge is 0.244 e. The summed E-state index contributed by atoms with van der Waals surface area (Å²) in [5, 5.41) is 4.09. The summed E-state index contributed by atoms with van der Waals surface area (Å²) in [7, 11) is 0. The van der Waals surface area contributed by atoms with E-state index in [0.29, 0.717) is 24.7 Å². The van der Waals surface area contributed by atoms with Gasteiger partial charge in [-0.2, -0.15) is 5.10 Å². The average molecular weight is 672 g/mol. The Balaban J connectivity index is 1.65. The van der Waals surface area contributed by atoms with Crippen molar-refractivity contribution in [3.05, 3.63) is 89.9 Å². The van der Waals surface area contributed by atoms with Gasteiger partial charge >= 0.3 is 0 Å². The number of halogens is 3. The Morgan fingerprint density at radius 1 is 1.00 bits per heavy atom. The number of carbonyl (C=O) groups excluding carboxylic acids is 1. The van der Waals surface area contributed by atoms with Gasteiger partial charge < -0.3 is 9.47 Å². The predicted molar refractivity (Wildman–Crippen MR) is 142 cm³/mol. The van der Waals surface area contributed by atoms with Crippen LogP contribution in [0.2, 0.25) is 0 Å². The Kier molecular flexibility index (Phi) is 9.55. The zero-order chi connectivity index (χ0) is 22.9. The number of benzene rings is 3. The number of carbonyl (C=O) groups is 1. The lowest BCUT2D eigenvalue weighted by Crippen LogP contribution is -2.19. The standard InChI is InChI=1S/C24H21Br2IN2O3/c1-2-31-22-12-18(14-28-29-23(30)13-16-3-7-19(25)8-4-16)11-21(27)24(22)32-15-17-5-9-20(26)10-6-17/h3-12,14H,2,13,15H2,1H3,(H,29,30)/b28-14-. The van der Waals surface area contributed by atoms with Crippen LogP contribution in [0, 0.1) is 3.57 Å². The van der Waals surface area contributed by atoms with E-state index in [1.54, 1.807) is 6.21 Å². The molecule has 0 aliphatic heterocycles. The molecule has 0 aromatic heterocycles. The van der Waals surface area contributed by atoms with Crippen LogP contribution in [-0.2, 0) is 17.8 Å². The van der Waals surface area contributed by atoms with Crippen molar-refractivity contribution in [2.75, 3.05) is 6.61 Å². The molecule has 3 aromatic rings. The van der Waals surface area contributed by atoms with Crippen molar-refractivity contribution < 1.29 is 14.3 Å². The number of nitrogens with zero attached hydrogens (tertiary/aromatic N) is 1. The Morgan fingerprint density at radius 3 is 2.25 bits per heavy atom. The number of amides is 1. The van der Waals surface area contributed by atoms with E-state index in [1.807, 2.05) is 67.6 Å². The van der Waals surface area contributed by atoms with E-state index >= 15 is 0 Å². The van der Waals surface area contributed by atoms with Crippen LogP contribution in [-0.4, -0.2) is 18.7 Å². The van der Waals surface area contributed by atoms with E-state index in [-0.39, 0.29) is 12.3 Å². The molecule has 0 saturated heterocycles. The van der Waals surface area contributed by atoms with Crippen LogP contribution in [0.3, 0.4) is 0 Å². The first-order valence-corrected chi connectivity index (χ1v) is 12.5. The number of rotatable bonds is 9.